The number of fused-ring (bicyclic) bond motifs is 2. The van der Waals surface area contributed by atoms with Gasteiger partial charge < -0.3 is 9.73 Å². The van der Waals surface area contributed by atoms with Gasteiger partial charge in [0.2, 0.25) is 5.91 Å². The molecule has 4 rings (SSSR count). The van der Waals surface area contributed by atoms with Crippen molar-refractivity contribution in [3.05, 3.63) is 40.3 Å². The van der Waals surface area contributed by atoms with Crippen molar-refractivity contribution in [2.24, 2.45) is 0 Å². The second-order valence-corrected chi connectivity index (χ2v) is 7.84. The molecule has 0 atom stereocenters. The number of amides is 1. The molecule has 5 nitrogen and oxygen atoms in total. The molecule has 0 saturated carbocycles. The molecule has 126 valence electrons. The van der Waals surface area contributed by atoms with Crippen molar-refractivity contribution in [3.8, 4) is 6.07 Å². The monoisotopic (exact) mass is 369 g/mol. The Bertz CT molecular complexity index is 951. The molecule has 3 aromatic rings. The third kappa shape index (κ3) is 3.28. The third-order valence-corrected chi connectivity index (χ3v) is 6.17. The summed E-state index contributed by atoms with van der Waals surface area (Å²) < 4.78 is 5.60. The van der Waals surface area contributed by atoms with E-state index in [9.17, 15) is 10.1 Å². The zero-order chi connectivity index (χ0) is 17.2. The van der Waals surface area contributed by atoms with Crippen LogP contribution in [0.2, 0.25) is 0 Å². The number of nitriles is 1. The Morgan fingerprint density at radius 1 is 1.36 bits per heavy atom. The van der Waals surface area contributed by atoms with Crippen LogP contribution in [0, 0.1) is 11.3 Å². The predicted molar refractivity (Wildman–Crippen MR) is 99.0 cm³/mol. The van der Waals surface area contributed by atoms with Gasteiger partial charge in [-0.3, -0.25) is 4.79 Å². The Hall–Kier alpha value is -2.30. The summed E-state index contributed by atoms with van der Waals surface area (Å²) in [5.41, 5.74) is 3.26. The molecular weight excluding hydrogens is 354 g/mol. The highest BCUT2D eigenvalue weighted by Crippen LogP contribution is 2.37. The van der Waals surface area contributed by atoms with Gasteiger partial charge in [-0.25, -0.2) is 4.98 Å². The Morgan fingerprint density at radius 2 is 2.20 bits per heavy atom. The lowest BCUT2D eigenvalue weighted by molar-refractivity contribution is -0.113. The number of nitrogens with one attached hydrogen (secondary N) is 1. The minimum atomic E-state index is -0.151. The van der Waals surface area contributed by atoms with Gasteiger partial charge in [0.25, 0.3) is 5.22 Å². The highest BCUT2D eigenvalue weighted by molar-refractivity contribution is 7.99. The molecule has 0 spiro atoms. The Morgan fingerprint density at radius 3 is 3.04 bits per heavy atom. The number of hydrogen-bond donors (Lipinski definition) is 1. The molecular formula is C18H15N3O2S2. The second kappa shape index (κ2) is 6.90. The van der Waals surface area contributed by atoms with E-state index < -0.39 is 0 Å². The van der Waals surface area contributed by atoms with Crippen LogP contribution in [0.25, 0.3) is 11.1 Å². The number of hydrogen-bond acceptors (Lipinski definition) is 6. The van der Waals surface area contributed by atoms with Crippen molar-refractivity contribution in [2.75, 3.05) is 11.1 Å². The quantitative estimate of drug-likeness (QED) is 0.691. The first-order valence-electron chi connectivity index (χ1n) is 8.07. The van der Waals surface area contributed by atoms with Crippen molar-refractivity contribution in [1.82, 2.24) is 4.98 Å². The molecule has 0 saturated heterocycles. The van der Waals surface area contributed by atoms with Gasteiger partial charge in [-0.1, -0.05) is 23.9 Å². The van der Waals surface area contributed by atoms with Gasteiger partial charge in [0.15, 0.2) is 5.58 Å². The first-order valence-corrected chi connectivity index (χ1v) is 9.87. The summed E-state index contributed by atoms with van der Waals surface area (Å²) in [6, 6.07) is 9.76. The molecule has 1 aliphatic carbocycles. The van der Waals surface area contributed by atoms with Crippen LogP contribution >= 0.6 is 23.1 Å². The lowest BCUT2D eigenvalue weighted by Gasteiger charge is -2.09. The molecule has 1 amide bonds. The molecule has 0 unspecified atom stereocenters. The zero-order valence-electron chi connectivity index (χ0n) is 13.4. The summed E-state index contributed by atoms with van der Waals surface area (Å²) in [6.45, 7) is 0. The molecule has 1 aromatic carbocycles. The molecule has 0 radical (unpaired) electrons. The number of thioether (sulfide) groups is 1. The number of para-hydroxylation sites is 2. The van der Waals surface area contributed by atoms with E-state index >= 15 is 0 Å². The maximum absolute atomic E-state index is 12.3. The number of anilines is 1. The summed E-state index contributed by atoms with van der Waals surface area (Å²) in [6.07, 6.45) is 4.20. The van der Waals surface area contributed by atoms with E-state index in [1.54, 1.807) is 0 Å². The maximum atomic E-state index is 12.3. The predicted octanol–water partition coefficient (Wildman–Crippen LogP) is 4.37. The normalized spacial score (nSPS) is 13.4. The summed E-state index contributed by atoms with van der Waals surface area (Å²) in [5.74, 6) is 0.0441. The number of oxazole rings is 1. The molecule has 1 aliphatic rings. The summed E-state index contributed by atoms with van der Waals surface area (Å²) in [4.78, 5) is 17.9. The fourth-order valence-electron chi connectivity index (χ4n) is 2.98. The topological polar surface area (TPSA) is 78.9 Å². The lowest BCUT2D eigenvalue weighted by Crippen LogP contribution is -2.14. The number of benzene rings is 1. The Labute approximate surface area is 153 Å². The van der Waals surface area contributed by atoms with Crippen LogP contribution in [0.15, 0.2) is 33.9 Å². The van der Waals surface area contributed by atoms with Crippen LogP contribution in [0.4, 0.5) is 5.00 Å². The number of carbonyl (C=O) groups excluding carboxylic acids is 1. The van der Waals surface area contributed by atoms with Gasteiger partial charge in [0.05, 0.1) is 11.3 Å². The number of carbonyl (C=O) groups is 1. The first kappa shape index (κ1) is 16.2. The smallest absolute Gasteiger partial charge is 0.257 e. The van der Waals surface area contributed by atoms with E-state index in [-0.39, 0.29) is 11.7 Å². The summed E-state index contributed by atoms with van der Waals surface area (Å²) >= 11 is 2.79. The number of nitrogens with zero attached hydrogens (tertiary/aromatic N) is 2. The average molecular weight is 369 g/mol. The van der Waals surface area contributed by atoms with Gasteiger partial charge in [0, 0.05) is 4.88 Å². The van der Waals surface area contributed by atoms with Crippen LogP contribution in [-0.2, 0) is 17.6 Å². The van der Waals surface area contributed by atoms with Gasteiger partial charge in [-0.2, -0.15) is 5.26 Å². The van der Waals surface area contributed by atoms with Crippen molar-refractivity contribution >= 4 is 45.1 Å². The third-order valence-electron chi connectivity index (χ3n) is 4.14. The van der Waals surface area contributed by atoms with Crippen molar-refractivity contribution in [2.45, 2.75) is 30.9 Å². The molecule has 0 fully saturated rings. The molecule has 25 heavy (non-hydrogen) atoms. The van der Waals surface area contributed by atoms with E-state index in [1.807, 2.05) is 24.3 Å². The van der Waals surface area contributed by atoms with Crippen molar-refractivity contribution in [1.29, 1.82) is 5.26 Å². The Kier molecular flexibility index (Phi) is 4.47. The fraction of sp³-hybridized carbons (Fsp3) is 0.278. The lowest BCUT2D eigenvalue weighted by atomic mass is 9.96. The van der Waals surface area contributed by atoms with Crippen LogP contribution < -0.4 is 5.32 Å². The first-order chi connectivity index (χ1) is 12.2. The van der Waals surface area contributed by atoms with Gasteiger partial charge in [-0.15, -0.1) is 11.3 Å². The molecule has 7 heteroatoms. The Balaban J connectivity index is 1.44. The van der Waals surface area contributed by atoms with E-state index in [0.717, 1.165) is 36.8 Å². The number of rotatable bonds is 4. The number of aryl methyl sites for hydroxylation is 1. The number of aromatic nitrogens is 1. The largest absolute Gasteiger partial charge is 0.431 e. The van der Waals surface area contributed by atoms with Gasteiger partial charge in [0.1, 0.15) is 16.6 Å². The SMILES string of the molecule is N#Cc1c(NC(=O)CSc2nc3ccccc3o2)sc2c1CCCC2. The highest BCUT2D eigenvalue weighted by Gasteiger charge is 2.22. The number of thiophene rings is 1. The molecule has 2 heterocycles. The van der Waals surface area contributed by atoms with Crippen LogP contribution in [-0.4, -0.2) is 16.6 Å². The average Bonchev–Trinajstić information content (AvgIpc) is 3.20. The van der Waals surface area contributed by atoms with Crippen molar-refractivity contribution in [3.63, 3.8) is 0 Å². The van der Waals surface area contributed by atoms with Crippen molar-refractivity contribution < 1.29 is 9.21 Å². The standard InChI is InChI=1S/C18H15N3O2S2/c19-9-12-11-5-1-4-8-15(11)25-17(12)21-16(22)10-24-18-20-13-6-2-3-7-14(13)23-18/h2-3,6-7H,1,4-5,8,10H2,(H,21,22). The highest BCUT2D eigenvalue weighted by atomic mass is 32.2. The van der Waals surface area contributed by atoms with E-state index in [0.29, 0.717) is 21.4 Å². The minimum absolute atomic E-state index is 0.151. The van der Waals surface area contributed by atoms with Gasteiger partial charge >= 0.3 is 0 Å². The second-order valence-electron chi connectivity index (χ2n) is 5.81. The molecule has 2 aromatic heterocycles. The summed E-state index contributed by atoms with van der Waals surface area (Å²) in [7, 11) is 0. The van der Waals surface area contributed by atoms with Crippen LogP contribution in [0.3, 0.4) is 0 Å². The van der Waals surface area contributed by atoms with E-state index in [2.05, 4.69) is 16.4 Å². The maximum Gasteiger partial charge on any atom is 0.257 e. The molecule has 1 N–H and O–H groups in total. The zero-order valence-corrected chi connectivity index (χ0v) is 15.0. The fourth-order valence-corrected chi connectivity index (χ4v) is 4.87. The van der Waals surface area contributed by atoms with Crippen LogP contribution in [0.5, 0.6) is 0 Å². The van der Waals surface area contributed by atoms with Crippen LogP contribution in [0.1, 0.15) is 28.8 Å². The summed E-state index contributed by atoms with van der Waals surface area (Å²) in [5, 5.41) is 13.5. The minimum Gasteiger partial charge on any atom is -0.431 e. The van der Waals surface area contributed by atoms with Gasteiger partial charge in [-0.05, 0) is 43.4 Å². The molecule has 0 bridgehead atoms. The van der Waals surface area contributed by atoms with E-state index in [4.69, 9.17) is 4.42 Å². The molecule has 0 aliphatic heterocycles. The van der Waals surface area contributed by atoms with E-state index in [1.165, 1.54) is 28.0 Å².